The Morgan fingerprint density at radius 3 is 2.54 bits per heavy atom. The standard InChI is InChI=1S/C35H37FN6O4/c1-7-28(43)40-14-15-41(21(5)18-40)32-26-17-24(22-8-9-22)30(25-16-23(34(44)46-6)10-11-27(25)36)38-33(26)42(35(45)39-32)31-20(4)12-13-37-29(31)19(2)3/h7,10-13,16-17,19,21-22H,1,8-9,14-15,18H2,2-6H3/t21-/m0/s1. The maximum Gasteiger partial charge on any atom is 0.355 e. The van der Waals surface area contributed by atoms with Crippen LogP contribution in [0.5, 0.6) is 0 Å². The van der Waals surface area contributed by atoms with Crippen molar-refractivity contribution in [2.24, 2.45) is 0 Å². The Kier molecular flexibility index (Phi) is 8.18. The Labute approximate surface area is 266 Å². The Hall–Kier alpha value is -4.93. The number of anilines is 1. The van der Waals surface area contributed by atoms with Gasteiger partial charge < -0.3 is 14.5 Å². The summed E-state index contributed by atoms with van der Waals surface area (Å²) in [4.78, 5) is 57.3. The third-order valence-electron chi connectivity index (χ3n) is 8.85. The fourth-order valence-corrected chi connectivity index (χ4v) is 6.33. The molecule has 4 aromatic rings. The number of hydrogen-bond donors (Lipinski definition) is 0. The summed E-state index contributed by atoms with van der Waals surface area (Å²) in [5, 5.41) is 0.642. The summed E-state index contributed by atoms with van der Waals surface area (Å²) < 4.78 is 22.0. The van der Waals surface area contributed by atoms with Crippen molar-refractivity contribution in [1.29, 1.82) is 0 Å². The fourth-order valence-electron chi connectivity index (χ4n) is 6.33. The SMILES string of the molecule is C=CC(=O)N1CCN(c2nc(=O)n(-c3c(C)ccnc3C(C)C)c3nc(-c4cc(C(=O)OC)ccc4F)c(C4CC4)cc23)[C@@H](C)C1. The van der Waals surface area contributed by atoms with Crippen LogP contribution >= 0.6 is 0 Å². The number of aromatic nitrogens is 4. The van der Waals surface area contributed by atoms with Crippen LogP contribution in [0.4, 0.5) is 10.2 Å². The maximum absolute atomic E-state index is 15.6. The minimum absolute atomic E-state index is 0.0218. The lowest BCUT2D eigenvalue weighted by atomic mass is 9.98. The molecule has 1 amide bonds. The van der Waals surface area contributed by atoms with Gasteiger partial charge in [-0.2, -0.15) is 4.98 Å². The first kappa shape index (κ1) is 31.1. The second-order valence-electron chi connectivity index (χ2n) is 12.4. The number of ether oxygens (including phenoxy) is 1. The van der Waals surface area contributed by atoms with E-state index in [0.717, 1.165) is 24.0 Å². The van der Waals surface area contributed by atoms with Gasteiger partial charge in [0.1, 0.15) is 11.6 Å². The van der Waals surface area contributed by atoms with E-state index in [9.17, 15) is 14.4 Å². The second kappa shape index (κ2) is 12.1. The van der Waals surface area contributed by atoms with E-state index in [1.54, 1.807) is 11.1 Å². The van der Waals surface area contributed by atoms with Crippen molar-refractivity contribution in [2.75, 3.05) is 31.6 Å². The van der Waals surface area contributed by atoms with Gasteiger partial charge in [-0.1, -0.05) is 20.4 Å². The highest BCUT2D eigenvalue weighted by Gasteiger charge is 2.33. The number of carbonyl (C=O) groups is 2. The molecule has 4 heterocycles. The third kappa shape index (κ3) is 5.44. The first-order valence-electron chi connectivity index (χ1n) is 15.5. The molecule has 1 atom stereocenters. The van der Waals surface area contributed by atoms with E-state index < -0.39 is 17.5 Å². The first-order valence-corrected chi connectivity index (χ1v) is 15.5. The van der Waals surface area contributed by atoms with Gasteiger partial charge in [-0.15, -0.1) is 0 Å². The molecule has 238 valence electrons. The Morgan fingerprint density at radius 2 is 1.89 bits per heavy atom. The molecule has 1 aliphatic heterocycles. The number of halogens is 1. The summed E-state index contributed by atoms with van der Waals surface area (Å²) >= 11 is 0. The molecule has 10 nitrogen and oxygen atoms in total. The lowest BCUT2D eigenvalue weighted by molar-refractivity contribution is -0.126. The van der Waals surface area contributed by atoms with Crippen LogP contribution in [0.25, 0.3) is 28.0 Å². The Bertz CT molecular complexity index is 1950. The number of pyridine rings is 2. The molecule has 1 aromatic carbocycles. The predicted octanol–water partition coefficient (Wildman–Crippen LogP) is 5.30. The van der Waals surface area contributed by atoms with Gasteiger partial charge in [-0.25, -0.2) is 23.5 Å². The largest absolute Gasteiger partial charge is 0.465 e. The van der Waals surface area contributed by atoms with Crippen molar-refractivity contribution in [2.45, 2.75) is 58.4 Å². The van der Waals surface area contributed by atoms with Gasteiger partial charge in [0.2, 0.25) is 5.91 Å². The Balaban J connectivity index is 1.67. The van der Waals surface area contributed by atoms with E-state index in [2.05, 4.69) is 16.5 Å². The van der Waals surface area contributed by atoms with Crippen LogP contribution in [0.3, 0.4) is 0 Å². The molecular weight excluding hydrogens is 587 g/mol. The van der Waals surface area contributed by atoms with Crippen LogP contribution in [0.1, 0.15) is 72.6 Å². The minimum Gasteiger partial charge on any atom is -0.465 e. The first-order chi connectivity index (χ1) is 22.0. The summed E-state index contributed by atoms with van der Waals surface area (Å²) in [6.45, 7) is 12.8. The number of carbonyl (C=O) groups excluding carboxylic acids is 2. The predicted molar refractivity (Wildman–Crippen MR) is 174 cm³/mol. The molecule has 3 aromatic heterocycles. The normalized spacial score (nSPS) is 16.6. The molecule has 6 rings (SSSR count). The van der Waals surface area contributed by atoms with Gasteiger partial charge in [0.15, 0.2) is 5.65 Å². The zero-order valence-electron chi connectivity index (χ0n) is 26.7. The van der Waals surface area contributed by atoms with Gasteiger partial charge in [0.25, 0.3) is 0 Å². The molecule has 2 fully saturated rings. The van der Waals surface area contributed by atoms with Gasteiger partial charge >= 0.3 is 11.7 Å². The summed E-state index contributed by atoms with van der Waals surface area (Å²) in [5.74, 6) is -0.701. The van der Waals surface area contributed by atoms with Crippen LogP contribution in [0, 0.1) is 12.7 Å². The molecule has 2 aliphatic rings. The molecule has 0 bridgehead atoms. The molecule has 1 aliphatic carbocycles. The zero-order valence-corrected chi connectivity index (χ0v) is 26.7. The number of esters is 1. The average Bonchev–Trinajstić information content (AvgIpc) is 3.89. The van der Waals surface area contributed by atoms with Gasteiger partial charge in [0, 0.05) is 37.4 Å². The molecule has 1 saturated heterocycles. The van der Waals surface area contributed by atoms with Crippen LogP contribution in [-0.2, 0) is 9.53 Å². The smallest absolute Gasteiger partial charge is 0.355 e. The number of aryl methyl sites for hydroxylation is 1. The number of amides is 1. The summed E-state index contributed by atoms with van der Waals surface area (Å²) in [6, 6.07) is 7.73. The van der Waals surface area contributed by atoms with Crippen LogP contribution in [-0.4, -0.2) is 69.1 Å². The number of hydrogen-bond acceptors (Lipinski definition) is 8. The van der Waals surface area contributed by atoms with E-state index in [4.69, 9.17) is 9.72 Å². The molecular formula is C35H37FN6O4. The average molecular weight is 625 g/mol. The summed E-state index contributed by atoms with van der Waals surface area (Å²) in [6.07, 6.45) is 4.83. The number of nitrogens with zero attached hydrogens (tertiary/aromatic N) is 6. The van der Waals surface area contributed by atoms with E-state index in [1.165, 1.54) is 36.0 Å². The molecule has 1 saturated carbocycles. The van der Waals surface area contributed by atoms with Gasteiger partial charge in [-0.3, -0.25) is 9.78 Å². The molecule has 11 heteroatoms. The van der Waals surface area contributed by atoms with Crippen LogP contribution in [0.2, 0.25) is 0 Å². The van der Waals surface area contributed by atoms with Crippen molar-refractivity contribution in [3.8, 4) is 16.9 Å². The summed E-state index contributed by atoms with van der Waals surface area (Å²) in [5.41, 5.74) is 3.41. The fraction of sp³-hybridized carbons (Fsp3) is 0.371. The molecule has 46 heavy (non-hydrogen) atoms. The number of rotatable bonds is 7. The van der Waals surface area contributed by atoms with E-state index >= 15 is 4.39 Å². The molecule has 0 spiro atoms. The second-order valence-corrected chi connectivity index (χ2v) is 12.4. The van der Waals surface area contributed by atoms with Crippen molar-refractivity contribution < 1.29 is 18.7 Å². The number of methoxy groups -OCH3 is 1. The topological polar surface area (TPSA) is 111 Å². The lowest BCUT2D eigenvalue weighted by Gasteiger charge is -2.40. The van der Waals surface area contributed by atoms with Crippen LogP contribution in [0.15, 0.2) is 54.0 Å². The van der Waals surface area contributed by atoms with Crippen molar-refractivity contribution in [3.63, 3.8) is 0 Å². The van der Waals surface area contributed by atoms with E-state index in [-0.39, 0.29) is 34.9 Å². The number of piperazine rings is 1. The third-order valence-corrected chi connectivity index (χ3v) is 8.85. The van der Waals surface area contributed by atoms with Crippen molar-refractivity contribution in [1.82, 2.24) is 24.4 Å². The van der Waals surface area contributed by atoms with Crippen molar-refractivity contribution in [3.05, 3.63) is 87.9 Å². The van der Waals surface area contributed by atoms with Gasteiger partial charge in [-0.05, 0) is 86.1 Å². The molecule has 0 radical (unpaired) electrons. The quantitative estimate of drug-likeness (QED) is 0.201. The van der Waals surface area contributed by atoms with Gasteiger partial charge in [0.05, 0.1) is 35.1 Å². The van der Waals surface area contributed by atoms with Crippen LogP contribution < -0.4 is 10.6 Å². The Morgan fingerprint density at radius 1 is 1.13 bits per heavy atom. The van der Waals surface area contributed by atoms with Crippen molar-refractivity contribution >= 4 is 28.7 Å². The lowest BCUT2D eigenvalue weighted by Crippen LogP contribution is -2.54. The highest BCUT2D eigenvalue weighted by atomic mass is 19.1. The molecule has 0 N–H and O–H groups in total. The summed E-state index contributed by atoms with van der Waals surface area (Å²) in [7, 11) is 1.28. The highest BCUT2D eigenvalue weighted by Crippen LogP contribution is 2.46. The monoisotopic (exact) mass is 624 g/mol. The number of fused-ring (bicyclic) bond motifs is 1. The van der Waals surface area contributed by atoms with E-state index in [0.29, 0.717) is 53.6 Å². The van der Waals surface area contributed by atoms with E-state index in [1.807, 2.05) is 44.7 Å². The minimum atomic E-state index is -0.589. The highest BCUT2D eigenvalue weighted by molar-refractivity contribution is 5.94. The molecule has 0 unspecified atom stereocenters. The maximum atomic E-state index is 15.6. The zero-order chi connectivity index (χ0) is 32.9. The number of benzene rings is 1.